The molecule has 0 unspecified atom stereocenters. The Labute approximate surface area is 147 Å². The highest BCUT2D eigenvalue weighted by Gasteiger charge is 2.10. The molecular weight excluding hydrogens is 296 g/mol. The molecule has 24 heavy (non-hydrogen) atoms. The SMILES string of the molecule is CCN(CC)CCCNCc1c(OC(C)C)ccc2ccccc12. The summed E-state index contributed by atoms with van der Waals surface area (Å²) in [5.41, 5.74) is 1.27. The molecule has 0 amide bonds. The molecule has 0 spiro atoms. The van der Waals surface area contributed by atoms with Crippen LogP contribution in [0, 0.1) is 0 Å². The van der Waals surface area contributed by atoms with Gasteiger partial charge in [0, 0.05) is 12.1 Å². The molecule has 2 aromatic carbocycles. The quantitative estimate of drug-likeness (QED) is 0.652. The predicted molar refractivity (Wildman–Crippen MR) is 104 cm³/mol. The maximum atomic E-state index is 6.04. The van der Waals surface area contributed by atoms with Crippen LogP contribution < -0.4 is 10.1 Å². The van der Waals surface area contributed by atoms with Crippen molar-refractivity contribution < 1.29 is 4.74 Å². The smallest absolute Gasteiger partial charge is 0.124 e. The third kappa shape index (κ3) is 5.22. The topological polar surface area (TPSA) is 24.5 Å². The lowest BCUT2D eigenvalue weighted by Gasteiger charge is -2.19. The molecule has 2 rings (SSSR count). The second-order valence-electron chi connectivity index (χ2n) is 6.49. The van der Waals surface area contributed by atoms with Crippen molar-refractivity contribution in [1.82, 2.24) is 10.2 Å². The molecule has 0 aliphatic carbocycles. The van der Waals surface area contributed by atoms with E-state index in [2.05, 4.69) is 74.3 Å². The van der Waals surface area contributed by atoms with Gasteiger partial charge >= 0.3 is 0 Å². The molecule has 2 aromatic rings. The third-order valence-electron chi connectivity index (χ3n) is 4.38. The zero-order valence-corrected chi connectivity index (χ0v) is 15.6. The van der Waals surface area contributed by atoms with Crippen molar-refractivity contribution >= 4 is 10.8 Å². The summed E-state index contributed by atoms with van der Waals surface area (Å²) in [6.07, 6.45) is 1.36. The van der Waals surface area contributed by atoms with Crippen molar-refractivity contribution in [1.29, 1.82) is 0 Å². The Balaban J connectivity index is 2.03. The number of ether oxygens (including phenoxy) is 1. The lowest BCUT2D eigenvalue weighted by atomic mass is 10.0. The van der Waals surface area contributed by atoms with Crippen LogP contribution in [0.4, 0.5) is 0 Å². The van der Waals surface area contributed by atoms with E-state index in [1.807, 2.05) is 0 Å². The standard InChI is InChI=1S/C21H32N2O/c1-5-23(6-2)15-9-14-22-16-20-19-11-8-7-10-18(19)12-13-21(20)24-17(3)4/h7-8,10-13,17,22H,5-6,9,14-16H2,1-4H3. The summed E-state index contributed by atoms with van der Waals surface area (Å²) in [7, 11) is 0. The number of nitrogens with one attached hydrogen (secondary N) is 1. The molecule has 0 bridgehead atoms. The Hall–Kier alpha value is -1.58. The minimum Gasteiger partial charge on any atom is -0.491 e. The summed E-state index contributed by atoms with van der Waals surface area (Å²) in [4.78, 5) is 2.47. The van der Waals surface area contributed by atoms with E-state index in [4.69, 9.17) is 4.74 Å². The summed E-state index contributed by atoms with van der Waals surface area (Å²) in [6.45, 7) is 13.9. The summed E-state index contributed by atoms with van der Waals surface area (Å²) >= 11 is 0. The van der Waals surface area contributed by atoms with Gasteiger partial charge in [-0.1, -0.05) is 44.2 Å². The molecule has 0 atom stereocenters. The maximum absolute atomic E-state index is 6.04. The fraction of sp³-hybridized carbons (Fsp3) is 0.524. The van der Waals surface area contributed by atoms with Gasteiger partial charge in [0.15, 0.2) is 0 Å². The molecule has 132 valence electrons. The highest BCUT2D eigenvalue weighted by atomic mass is 16.5. The van der Waals surface area contributed by atoms with Gasteiger partial charge < -0.3 is 15.0 Å². The first kappa shape index (κ1) is 18.8. The maximum Gasteiger partial charge on any atom is 0.124 e. The second-order valence-corrected chi connectivity index (χ2v) is 6.49. The van der Waals surface area contributed by atoms with E-state index in [0.29, 0.717) is 0 Å². The van der Waals surface area contributed by atoms with Gasteiger partial charge in [-0.2, -0.15) is 0 Å². The normalized spacial score (nSPS) is 11.6. The number of nitrogens with zero attached hydrogens (tertiary/aromatic N) is 1. The van der Waals surface area contributed by atoms with Crippen molar-refractivity contribution in [3.8, 4) is 5.75 Å². The zero-order chi connectivity index (χ0) is 17.4. The van der Waals surface area contributed by atoms with Crippen LogP contribution in [0.2, 0.25) is 0 Å². The van der Waals surface area contributed by atoms with E-state index in [-0.39, 0.29) is 6.10 Å². The van der Waals surface area contributed by atoms with Crippen LogP contribution in [0.15, 0.2) is 36.4 Å². The molecule has 0 saturated heterocycles. The number of fused-ring (bicyclic) bond motifs is 1. The number of hydrogen-bond acceptors (Lipinski definition) is 3. The van der Waals surface area contributed by atoms with Gasteiger partial charge in [-0.15, -0.1) is 0 Å². The second kappa shape index (κ2) is 9.65. The van der Waals surface area contributed by atoms with Crippen LogP contribution in [-0.4, -0.2) is 37.2 Å². The Morgan fingerprint density at radius 1 is 1.04 bits per heavy atom. The van der Waals surface area contributed by atoms with Crippen molar-refractivity contribution in [3.63, 3.8) is 0 Å². The van der Waals surface area contributed by atoms with Crippen LogP contribution in [-0.2, 0) is 6.54 Å². The van der Waals surface area contributed by atoms with Crippen LogP contribution in [0.5, 0.6) is 5.75 Å². The van der Waals surface area contributed by atoms with E-state index in [1.54, 1.807) is 0 Å². The zero-order valence-electron chi connectivity index (χ0n) is 15.6. The van der Waals surface area contributed by atoms with Gasteiger partial charge in [-0.25, -0.2) is 0 Å². The van der Waals surface area contributed by atoms with Crippen molar-refractivity contribution in [2.45, 2.75) is 46.8 Å². The van der Waals surface area contributed by atoms with Crippen molar-refractivity contribution in [2.75, 3.05) is 26.2 Å². The molecule has 1 N–H and O–H groups in total. The Morgan fingerprint density at radius 3 is 2.50 bits per heavy atom. The highest BCUT2D eigenvalue weighted by Crippen LogP contribution is 2.28. The Bertz CT molecular complexity index is 620. The first-order chi connectivity index (χ1) is 11.7. The number of rotatable bonds is 10. The molecule has 3 heteroatoms. The summed E-state index contributed by atoms with van der Waals surface area (Å²) in [5, 5.41) is 6.16. The fourth-order valence-electron chi connectivity index (χ4n) is 3.04. The predicted octanol–water partition coefficient (Wildman–Crippen LogP) is 4.45. The number of hydrogen-bond donors (Lipinski definition) is 1. The van der Waals surface area contributed by atoms with E-state index >= 15 is 0 Å². The lowest BCUT2D eigenvalue weighted by molar-refractivity contribution is 0.240. The minimum atomic E-state index is 0.188. The highest BCUT2D eigenvalue weighted by molar-refractivity contribution is 5.87. The fourth-order valence-corrected chi connectivity index (χ4v) is 3.04. The van der Waals surface area contributed by atoms with Crippen molar-refractivity contribution in [3.05, 3.63) is 42.0 Å². The van der Waals surface area contributed by atoms with E-state index in [1.165, 1.54) is 22.8 Å². The average Bonchev–Trinajstić information content (AvgIpc) is 2.59. The molecule has 0 heterocycles. The van der Waals surface area contributed by atoms with Crippen molar-refractivity contribution in [2.24, 2.45) is 0 Å². The van der Waals surface area contributed by atoms with Gasteiger partial charge in [-0.3, -0.25) is 0 Å². The van der Waals surface area contributed by atoms with Crippen LogP contribution in [0.3, 0.4) is 0 Å². The van der Waals surface area contributed by atoms with Gasteiger partial charge in [0.1, 0.15) is 5.75 Å². The Kier molecular flexibility index (Phi) is 7.54. The van der Waals surface area contributed by atoms with E-state index < -0.39 is 0 Å². The molecule has 0 aromatic heterocycles. The third-order valence-corrected chi connectivity index (χ3v) is 4.38. The van der Waals surface area contributed by atoms with E-state index in [0.717, 1.165) is 38.5 Å². The molecule has 0 aliphatic heterocycles. The summed E-state index contributed by atoms with van der Waals surface area (Å²) < 4.78 is 6.04. The molecule has 3 nitrogen and oxygen atoms in total. The number of benzene rings is 2. The minimum absolute atomic E-state index is 0.188. The molecule has 0 fully saturated rings. The molecule has 0 saturated carbocycles. The first-order valence-electron chi connectivity index (χ1n) is 9.26. The van der Waals surface area contributed by atoms with E-state index in [9.17, 15) is 0 Å². The monoisotopic (exact) mass is 328 g/mol. The van der Waals surface area contributed by atoms with Crippen LogP contribution >= 0.6 is 0 Å². The molecular formula is C21H32N2O. The summed E-state index contributed by atoms with van der Waals surface area (Å²) in [5.74, 6) is 1.000. The van der Waals surface area contributed by atoms with Crippen LogP contribution in [0.25, 0.3) is 10.8 Å². The van der Waals surface area contributed by atoms with Gasteiger partial charge in [0.05, 0.1) is 6.10 Å². The summed E-state index contributed by atoms with van der Waals surface area (Å²) in [6, 6.07) is 12.8. The van der Waals surface area contributed by atoms with Gasteiger partial charge in [0.25, 0.3) is 0 Å². The van der Waals surface area contributed by atoms with Crippen LogP contribution in [0.1, 0.15) is 39.7 Å². The Morgan fingerprint density at radius 2 is 1.79 bits per heavy atom. The largest absolute Gasteiger partial charge is 0.491 e. The lowest BCUT2D eigenvalue weighted by Crippen LogP contribution is -2.27. The first-order valence-corrected chi connectivity index (χ1v) is 9.26. The van der Waals surface area contributed by atoms with Gasteiger partial charge in [0.2, 0.25) is 0 Å². The molecule has 0 aliphatic rings. The van der Waals surface area contributed by atoms with Gasteiger partial charge in [-0.05, 0) is 63.3 Å². The molecule has 0 radical (unpaired) electrons. The average molecular weight is 329 g/mol.